The first-order chi connectivity index (χ1) is 5.97. The van der Waals surface area contributed by atoms with Crippen molar-refractivity contribution in [1.29, 1.82) is 0 Å². The Balaban J connectivity index is 2.81. The van der Waals surface area contributed by atoms with Crippen LogP contribution in [0.25, 0.3) is 0 Å². The van der Waals surface area contributed by atoms with Gasteiger partial charge in [0.25, 0.3) is 0 Å². The summed E-state index contributed by atoms with van der Waals surface area (Å²) < 4.78 is 16.1. The Morgan fingerprint density at radius 1 is 1.62 bits per heavy atom. The van der Waals surface area contributed by atoms with E-state index in [-0.39, 0.29) is 6.04 Å². The number of hydrogen-bond acceptors (Lipinski definition) is 3. The van der Waals surface area contributed by atoms with Crippen LogP contribution in [0, 0.1) is 5.92 Å². The van der Waals surface area contributed by atoms with Crippen LogP contribution in [0.3, 0.4) is 0 Å². The first-order valence-corrected chi connectivity index (χ1v) is 5.94. The first kappa shape index (κ1) is 10.9. The van der Waals surface area contributed by atoms with E-state index >= 15 is 0 Å². The van der Waals surface area contributed by atoms with Crippen molar-refractivity contribution in [2.75, 3.05) is 7.11 Å². The smallest absolute Gasteiger partial charge is 0.324 e. The van der Waals surface area contributed by atoms with Gasteiger partial charge in [0.1, 0.15) is 0 Å². The predicted octanol–water partition coefficient (Wildman–Crippen LogP) is 1.11. The topological polar surface area (TPSA) is 72.5 Å². The fraction of sp³-hybridized carbons (Fsp3) is 0.750. The third-order valence-electron chi connectivity index (χ3n) is 2.40. The van der Waals surface area contributed by atoms with Crippen LogP contribution < -0.4 is 5.73 Å². The molecule has 1 aliphatic carbocycles. The van der Waals surface area contributed by atoms with Crippen molar-refractivity contribution < 1.29 is 14.0 Å². The van der Waals surface area contributed by atoms with Gasteiger partial charge in [-0.3, -0.25) is 4.57 Å². The summed E-state index contributed by atoms with van der Waals surface area (Å²) in [5, 5.41) is 0. The molecular weight excluding hydrogens is 189 g/mol. The highest BCUT2D eigenvalue weighted by Crippen LogP contribution is 2.51. The molecule has 0 aliphatic heterocycles. The molecule has 4 nitrogen and oxygen atoms in total. The van der Waals surface area contributed by atoms with Gasteiger partial charge in [-0.05, 0) is 12.3 Å². The molecule has 0 radical (unpaired) electrons. The van der Waals surface area contributed by atoms with E-state index in [0.29, 0.717) is 12.3 Å². The molecule has 1 rings (SSSR count). The zero-order valence-electron chi connectivity index (χ0n) is 7.88. The zero-order chi connectivity index (χ0) is 10.1. The molecule has 4 atom stereocenters. The summed E-state index contributed by atoms with van der Waals surface area (Å²) in [6.45, 7) is 1.99. The monoisotopic (exact) mass is 205 g/mol. The molecule has 0 spiro atoms. The Hall–Kier alpha value is -0.150. The minimum Gasteiger partial charge on any atom is -0.324 e. The Bertz CT molecular complexity index is 254. The molecule has 0 aromatic carbocycles. The van der Waals surface area contributed by atoms with Crippen molar-refractivity contribution in [2.24, 2.45) is 11.7 Å². The third kappa shape index (κ3) is 2.41. The largest absolute Gasteiger partial charge is 0.332 e. The van der Waals surface area contributed by atoms with Crippen LogP contribution in [0.1, 0.15) is 13.3 Å². The summed E-state index contributed by atoms with van der Waals surface area (Å²) in [5.41, 5.74) is 5.24. The van der Waals surface area contributed by atoms with Crippen LogP contribution in [0.15, 0.2) is 12.2 Å². The van der Waals surface area contributed by atoms with E-state index in [1.165, 1.54) is 7.11 Å². The van der Waals surface area contributed by atoms with E-state index in [1.54, 1.807) is 6.08 Å². The Labute approximate surface area is 78.3 Å². The lowest BCUT2D eigenvalue weighted by Crippen LogP contribution is -2.36. The summed E-state index contributed by atoms with van der Waals surface area (Å²) in [4.78, 5) is 9.46. The van der Waals surface area contributed by atoms with E-state index in [9.17, 15) is 9.46 Å². The quantitative estimate of drug-likeness (QED) is 0.523. The fourth-order valence-electron chi connectivity index (χ4n) is 1.55. The molecule has 0 saturated heterocycles. The van der Waals surface area contributed by atoms with Gasteiger partial charge in [0.2, 0.25) is 0 Å². The molecule has 3 N–H and O–H groups in total. The number of hydrogen-bond donors (Lipinski definition) is 2. The van der Waals surface area contributed by atoms with Crippen molar-refractivity contribution >= 4 is 7.60 Å². The third-order valence-corrected chi connectivity index (χ3v) is 4.32. The maximum atomic E-state index is 11.5. The standard InChI is InChI=1S/C8H16NO3P/c1-6-3-4-7(9)8(5-6)13(10,11)12-2/h3-4,6-8H,5,9H2,1-2H3,(H,10,11). The second-order valence-corrected chi connectivity index (χ2v) is 5.65. The summed E-state index contributed by atoms with van der Waals surface area (Å²) in [6.07, 6.45) is 4.36. The van der Waals surface area contributed by atoms with Crippen molar-refractivity contribution in [3.05, 3.63) is 12.2 Å². The van der Waals surface area contributed by atoms with Gasteiger partial charge in [-0.1, -0.05) is 19.1 Å². The van der Waals surface area contributed by atoms with Gasteiger partial charge in [0.15, 0.2) is 0 Å². The molecule has 13 heavy (non-hydrogen) atoms. The molecule has 0 bridgehead atoms. The highest BCUT2D eigenvalue weighted by Gasteiger charge is 2.37. The molecule has 0 amide bonds. The fourth-order valence-corrected chi connectivity index (χ4v) is 2.95. The van der Waals surface area contributed by atoms with E-state index in [2.05, 4.69) is 4.52 Å². The molecule has 0 aromatic heterocycles. The molecule has 0 saturated carbocycles. The molecule has 76 valence electrons. The summed E-state index contributed by atoms with van der Waals surface area (Å²) in [5.74, 6) is 0.292. The Kier molecular flexibility index (Phi) is 3.30. The first-order valence-electron chi connectivity index (χ1n) is 4.29. The molecule has 5 heteroatoms. The van der Waals surface area contributed by atoms with E-state index in [4.69, 9.17) is 5.73 Å². The van der Waals surface area contributed by atoms with E-state index in [1.807, 2.05) is 13.0 Å². The highest BCUT2D eigenvalue weighted by molar-refractivity contribution is 7.53. The maximum absolute atomic E-state index is 11.5. The molecule has 4 unspecified atom stereocenters. The van der Waals surface area contributed by atoms with Gasteiger partial charge in [-0.15, -0.1) is 0 Å². The second-order valence-electron chi connectivity index (χ2n) is 3.49. The van der Waals surface area contributed by atoms with Crippen LogP contribution >= 0.6 is 7.60 Å². The van der Waals surface area contributed by atoms with Crippen molar-refractivity contribution in [3.63, 3.8) is 0 Å². The van der Waals surface area contributed by atoms with Crippen LogP contribution in [0.5, 0.6) is 0 Å². The van der Waals surface area contributed by atoms with Gasteiger partial charge in [-0.2, -0.15) is 0 Å². The van der Waals surface area contributed by atoms with Gasteiger partial charge < -0.3 is 15.2 Å². The van der Waals surface area contributed by atoms with Gasteiger partial charge in [0, 0.05) is 13.2 Å². The predicted molar refractivity (Wildman–Crippen MR) is 51.5 cm³/mol. The lowest BCUT2D eigenvalue weighted by atomic mass is 9.94. The second kappa shape index (κ2) is 3.93. The van der Waals surface area contributed by atoms with Gasteiger partial charge in [0.05, 0.1) is 5.66 Å². The maximum Gasteiger partial charge on any atom is 0.332 e. The SMILES string of the molecule is COP(=O)(O)C1CC(C)C=CC1N. The molecule has 0 heterocycles. The summed E-state index contributed by atoms with van der Waals surface area (Å²) in [6, 6.07) is -0.369. The van der Waals surface area contributed by atoms with Crippen molar-refractivity contribution in [3.8, 4) is 0 Å². The normalized spacial score (nSPS) is 38.6. The van der Waals surface area contributed by atoms with Crippen molar-refractivity contribution in [2.45, 2.75) is 25.0 Å². The molecule has 0 fully saturated rings. The number of allylic oxidation sites excluding steroid dienone is 1. The Morgan fingerprint density at radius 3 is 2.77 bits per heavy atom. The lowest BCUT2D eigenvalue weighted by Gasteiger charge is -2.29. The highest BCUT2D eigenvalue weighted by atomic mass is 31.2. The average molecular weight is 205 g/mol. The van der Waals surface area contributed by atoms with Gasteiger partial charge >= 0.3 is 7.60 Å². The van der Waals surface area contributed by atoms with Crippen LogP contribution in [0.4, 0.5) is 0 Å². The zero-order valence-corrected chi connectivity index (χ0v) is 8.78. The molecule has 1 aliphatic rings. The summed E-state index contributed by atoms with van der Waals surface area (Å²) in [7, 11) is -2.27. The van der Waals surface area contributed by atoms with Crippen LogP contribution in [0.2, 0.25) is 0 Å². The minimum atomic E-state index is -3.52. The summed E-state index contributed by atoms with van der Waals surface area (Å²) >= 11 is 0. The molecular formula is C8H16NO3P. The Morgan fingerprint density at radius 2 is 2.23 bits per heavy atom. The minimum absolute atomic E-state index is 0.292. The van der Waals surface area contributed by atoms with Crippen LogP contribution in [-0.2, 0) is 9.09 Å². The number of rotatable bonds is 2. The van der Waals surface area contributed by atoms with Crippen LogP contribution in [-0.4, -0.2) is 23.7 Å². The van der Waals surface area contributed by atoms with E-state index < -0.39 is 13.3 Å². The van der Waals surface area contributed by atoms with Crippen molar-refractivity contribution in [1.82, 2.24) is 0 Å². The van der Waals surface area contributed by atoms with Gasteiger partial charge in [-0.25, -0.2) is 0 Å². The molecule has 0 aromatic rings. The number of nitrogens with two attached hydrogens (primary N) is 1. The van der Waals surface area contributed by atoms with E-state index in [0.717, 1.165) is 0 Å². The lowest BCUT2D eigenvalue weighted by molar-refractivity contribution is 0.292. The average Bonchev–Trinajstić information content (AvgIpc) is 2.09.